The van der Waals surface area contributed by atoms with Gasteiger partial charge in [-0.25, -0.2) is 9.97 Å². The van der Waals surface area contributed by atoms with Gasteiger partial charge in [0.05, 0.1) is 5.51 Å². The van der Waals surface area contributed by atoms with Crippen molar-refractivity contribution >= 4 is 22.7 Å². The number of rotatable bonds is 4. The third-order valence-electron chi connectivity index (χ3n) is 1.89. The molecule has 15 heavy (non-hydrogen) atoms. The fourth-order valence-electron chi connectivity index (χ4n) is 1.13. The third-order valence-corrected chi connectivity index (χ3v) is 3.50. The van der Waals surface area contributed by atoms with Gasteiger partial charge in [0, 0.05) is 29.0 Å². The van der Waals surface area contributed by atoms with E-state index in [0.717, 1.165) is 17.2 Å². The first-order valence-electron chi connectivity index (χ1n) is 4.82. The zero-order valence-electron chi connectivity index (χ0n) is 8.73. The lowest BCUT2D eigenvalue weighted by molar-refractivity contribution is 0.593. The first kappa shape index (κ1) is 10.7. The molecule has 0 aliphatic heterocycles. The van der Waals surface area contributed by atoms with E-state index >= 15 is 0 Å². The van der Waals surface area contributed by atoms with Crippen molar-refractivity contribution in [2.75, 3.05) is 0 Å². The van der Waals surface area contributed by atoms with E-state index < -0.39 is 0 Å². The predicted octanol–water partition coefficient (Wildman–Crippen LogP) is 2.76. The molecule has 2 rings (SSSR count). The number of hydrogen-bond acceptors (Lipinski definition) is 5. The molecule has 0 spiro atoms. The van der Waals surface area contributed by atoms with Crippen molar-refractivity contribution in [3.05, 3.63) is 22.0 Å². The molecule has 0 aliphatic carbocycles. The van der Waals surface area contributed by atoms with Crippen molar-refractivity contribution < 1.29 is 0 Å². The lowest BCUT2D eigenvalue weighted by Gasteiger charge is -2.04. The van der Waals surface area contributed by atoms with Crippen LogP contribution in [0.25, 0.3) is 10.7 Å². The van der Waals surface area contributed by atoms with E-state index in [2.05, 4.69) is 29.1 Å². The summed E-state index contributed by atoms with van der Waals surface area (Å²) in [5, 5.41) is 6.41. The summed E-state index contributed by atoms with van der Waals surface area (Å²) in [5.74, 6) is 0. The summed E-state index contributed by atoms with van der Waals surface area (Å²) in [6.07, 6.45) is 1.93. The fourth-order valence-corrected chi connectivity index (χ4v) is 2.57. The van der Waals surface area contributed by atoms with Crippen LogP contribution in [0.15, 0.2) is 17.1 Å². The monoisotopic (exact) mass is 239 g/mol. The highest BCUT2D eigenvalue weighted by molar-refractivity contribution is 7.15. The van der Waals surface area contributed by atoms with Gasteiger partial charge in [-0.2, -0.15) is 0 Å². The van der Waals surface area contributed by atoms with Gasteiger partial charge in [0.25, 0.3) is 0 Å². The highest BCUT2D eigenvalue weighted by Crippen LogP contribution is 2.24. The third kappa shape index (κ3) is 2.84. The van der Waals surface area contributed by atoms with Crippen LogP contribution in [0, 0.1) is 0 Å². The average Bonchev–Trinajstić information content (AvgIpc) is 2.85. The highest BCUT2D eigenvalue weighted by atomic mass is 32.1. The van der Waals surface area contributed by atoms with Gasteiger partial charge in [-0.1, -0.05) is 13.8 Å². The summed E-state index contributed by atoms with van der Waals surface area (Å²) in [5.41, 5.74) is 2.82. The van der Waals surface area contributed by atoms with Crippen molar-refractivity contribution in [2.45, 2.75) is 26.4 Å². The Kier molecular flexibility index (Phi) is 3.45. The lowest BCUT2D eigenvalue weighted by atomic mass is 10.4. The Bertz CT molecular complexity index is 406. The molecule has 0 aliphatic rings. The number of nitrogens with zero attached hydrogens (tertiary/aromatic N) is 2. The van der Waals surface area contributed by atoms with Crippen molar-refractivity contribution in [1.82, 2.24) is 15.3 Å². The molecule has 0 unspecified atom stereocenters. The van der Waals surface area contributed by atoms with Crippen molar-refractivity contribution in [3.8, 4) is 10.7 Å². The number of nitrogens with one attached hydrogen (secondary N) is 1. The predicted molar refractivity (Wildman–Crippen MR) is 65.2 cm³/mol. The Morgan fingerprint density at radius 2 is 2.27 bits per heavy atom. The maximum absolute atomic E-state index is 4.36. The van der Waals surface area contributed by atoms with Gasteiger partial charge in [-0.15, -0.1) is 22.7 Å². The molecular weight excluding hydrogens is 226 g/mol. The topological polar surface area (TPSA) is 37.8 Å². The summed E-state index contributed by atoms with van der Waals surface area (Å²) in [4.78, 5) is 9.86. The summed E-state index contributed by atoms with van der Waals surface area (Å²) >= 11 is 3.31. The van der Waals surface area contributed by atoms with Crippen LogP contribution in [0.2, 0.25) is 0 Å². The molecular formula is C10H13N3S2. The van der Waals surface area contributed by atoms with Crippen LogP contribution in [0.4, 0.5) is 0 Å². The van der Waals surface area contributed by atoms with Crippen LogP contribution in [-0.2, 0) is 6.54 Å². The van der Waals surface area contributed by atoms with Crippen LogP contribution < -0.4 is 5.32 Å². The quantitative estimate of drug-likeness (QED) is 0.891. The van der Waals surface area contributed by atoms with Crippen molar-refractivity contribution in [1.29, 1.82) is 0 Å². The zero-order chi connectivity index (χ0) is 10.7. The normalized spacial score (nSPS) is 11.1. The molecule has 0 atom stereocenters. The molecule has 0 aromatic carbocycles. The molecule has 0 bridgehead atoms. The summed E-state index contributed by atoms with van der Waals surface area (Å²) in [6.45, 7) is 5.17. The number of aromatic nitrogens is 2. The minimum absolute atomic E-state index is 0.509. The molecule has 1 N–H and O–H groups in total. The first-order valence-corrected chi connectivity index (χ1v) is 6.58. The van der Waals surface area contributed by atoms with E-state index in [1.165, 1.54) is 4.88 Å². The smallest absolute Gasteiger partial charge is 0.142 e. The van der Waals surface area contributed by atoms with E-state index in [1.54, 1.807) is 22.7 Å². The molecule has 0 radical (unpaired) electrons. The molecule has 2 aromatic rings. The van der Waals surface area contributed by atoms with E-state index in [0.29, 0.717) is 6.04 Å². The van der Waals surface area contributed by atoms with Gasteiger partial charge in [-0.05, 0) is 0 Å². The molecule has 80 valence electrons. The minimum atomic E-state index is 0.509. The highest BCUT2D eigenvalue weighted by Gasteiger charge is 2.06. The fraction of sp³-hybridized carbons (Fsp3) is 0.400. The van der Waals surface area contributed by atoms with Crippen molar-refractivity contribution in [3.63, 3.8) is 0 Å². The molecule has 2 heterocycles. The van der Waals surface area contributed by atoms with Gasteiger partial charge in [0.2, 0.25) is 0 Å². The second-order valence-corrected chi connectivity index (χ2v) is 5.37. The largest absolute Gasteiger partial charge is 0.310 e. The van der Waals surface area contributed by atoms with Crippen LogP contribution in [-0.4, -0.2) is 16.0 Å². The molecule has 0 saturated heterocycles. The van der Waals surface area contributed by atoms with E-state index in [-0.39, 0.29) is 0 Å². The average molecular weight is 239 g/mol. The minimum Gasteiger partial charge on any atom is -0.310 e. The van der Waals surface area contributed by atoms with Crippen molar-refractivity contribution in [2.24, 2.45) is 0 Å². The molecule has 5 heteroatoms. The Hall–Kier alpha value is -0.780. The Balaban J connectivity index is 2.04. The van der Waals surface area contributed by atoms with Gasteiger partial charge < -0.3 is 5.32 Å². The maximum atomic E-state index is 4.36. The van der Waals surface area contributed by atoms with Crippen LogP contribution in [0.3, 0.4) is 0 Å². The van der Waals surface area contributed by atoms with Crippen LogP contribution >= 0.6 is 22.7 Å². The van der Waals surface area contributed by atoms with Gasteiger partial charge in [0.1, 0.15) is 10.7 Å². The standard InChI is InChI=1S/C10H13N3S2/c1-7(2)11-3-8-4-12-10(15-8)9-5-14-6-13-9/h4-7,11H,3H2,1-2H3. The second-order valence-electron chi connectivity index (χ2n) is 3.54. The summed E-state index contributed by atoms with van der Waals surface area (Å²) in [6, 6.07) is 0.509. The van der Waals surface area contributed by atoms with Gasteiger partial charge >= 0.3 is 0 Å². The molecule has 3 nitrogen and oxygen atoms in total. The van der Waals surface area contributed by atoms with E-state index in [1.807, 2.05) is 17.1 Å². The Morgan fingerprint density at radius 3 is 2.93 bits per heavy atom. The summed E-state index contributed by atoms with van der Waals surface area (Å²) in [7, 11) is 0. The molecule has 0 amide bonds. The zero-order valence-corrected chi connectivity index (χ0v) is 10.4. The van der Waals surface area contributed by atoms with E-state index in [9.17, 15) is 0 Å². The number of thiazole rings is 2. The molecule has 0 fully saturated rings. The lowest BCUT2D eigenvalue weighted by Crippen LogP contribution is -2.21. The number of hydrogen-bond donors (Lipinski definition) is 1. The first-order chi connectivity index (χ1) is 7.25. The van der Waals surface area contributed by atoms with Crippen LogP contribution in [0.1, 0.15) is 18.7 Å². The Morgan fingerprint density at radius 1 is 1.40 bits per heavy atom. The Labute approximate surface area is 97.2 Å². The SMILES string of the molecule is CC(C)NCc1cnc(-c2cscn2)s1. The van der Waals surface area contributed by atoms with Gasteiger partial charge in [-0.3, -0.25) is 0 Å². The molecule has 0 saturated carbocycles. The van der Waals surface area contributed by atoms with Gasteiger partial charge in [0.15, 0.2) is 0 Å². The maximum Gasteiger partial charge on any atom is 0.142 e. The summed E-state index contributed by atoms with van der Waals surface area (Å²) < 4.78 is 0. The van der Waals surface area contributed by atoms with Crippen LogP contribution in [0.5, 0.6) is 0 Å². The van der Waals surface area contributed by atoms with E-state index in [4.69, 9.17) is 0 Å². The second kappa shape index (κ2) is 4.83. The molecule has 2 aromatic heterocycles.